The summed E-state index contributed by atoms with van der Waals surface area (Å²) in [7, 11) is 1.85. The van der Waals surface area contributed by atoms with Gasteiger partial charge in [0, 0.05) is 30.2 Å². The van der Waals surface area contributed by atoms with E-state index < -0.39 is 0 Å². The molecule has 0 saturated carbocycles. The quantitative estimate of drug-likeness (QED) is 0.870. The highest BCUT2D eigenvalue weighted by Crippen LogP contribution is 2.20. The Balaban J connectivity index is 2.26. The number of aromatic nitrogens is 2. The fourth-order valence-electron chi connectivity index (χ4n) is 1.74. The predicted octanol–water partition coefficient (Wildman–Crippen LogP) is 3.87. The van der Waals surface area contributed by atoms with Crippen LogP contribution >= 0.6 is 11.6 Å². The molecular formula is C14H17ClN4. The van der Waals surface area contributed by atoms with Crippen LogP contribution in [0, 0.1) is 0 Å². The summed E-state index contributed by atoms with van der Waals surface area (Å²) < 4.78 is 0. The van der Waals surface area contributed by atoms with Crippen LogP contribution < -0.4 is 10.6 Å². The Kier molecular flexibility index (Phi) is 4.58. The van der Waals surface area contributed by atoms with E-state index in [1.807, 2.05) is 37.4 Å². The molecule has 1 aromatic heterocycles. The lowest BCUT2D eigenvalue weighted by Gasteiger charge is -2.09. The van der Waals surface area contributed by atoms with Crippen LogP contribution in [0.5, 0.6) is 0 Å². The third-order valence-electron chi connectivity index (χ3n) is 2.60. The number of nitrogens with one attached hydrogen (secondary N) is 2. The lowest BCUT2D eigenvalue weighted by molar-refractivity contribution is 0.838. The molecule has 0 aliphatic rings. The molecule has 2 rings (SSSR count). The second-order valence-corrected chi connectivity index (χ2v) is 4.63. The van der Waals surface area contributed by atoms with Crippen LogP contribution in [0.4, 0.5) is 17.3 Å². The minimum absolute atomic E-state index is 0.696. The smallest absolute Gasteiger partial charge is 0.136 e. The van der Waals surface area contributed by atoms with Gasteiger partial charge in [0.2, 0.25) is 0 Å². The molecule has 0 atom stereocenters. The van der Waals surface area contributed by atoms with Crippen molar-refractivity contribution in [1.29, 1.82) is 0 Å². The van der Waals surface area contributed by atoms with Gasteiger partial charge in [-0.3, -0.25) is 0 Å². The van der Waals surface area contributed by atoms with Crippen LogP contribution in [0.2, 0.25) is 5.02 Å². The molecule has 0 bridgehead atoms. The van der Waals surface area contributed by atoms with Crippen molar-refractivity contribution in [3.05, 3.63) is 41.2 Å². The molecule has 19 heavy (non-hydrogen) atoms. The maximum absolute atomic E-state index is 5.97. The third-order valence-corrected chi connectivity index (χ3v) is 2.83. The molecule has 0 aliphatic carbocycles. The summed E-state index contributed by atoms with van der Waals surface area (Å²) in [5, 5.41) is 6.98. The molecule has 0 spiro atoms. The summed E-state index contributed by atoms with van der Waals surface area (Å²) in [5.41, 5.74) is 0.913. The zero-order valence-electron chi connectivity index (χ0n) is 11.1. The summed E-state index contributed by atoms with van der Waals surface area (Å²) in [6, 6.07) is 9.43. The molecule has 5 heteroatoms. The summed E-state index contributed by atoms with van der Waals surface area (Å²) in [4.78, 5) is 8.90. The molecule has 0 amide bonds. The van der Waals surface area contributed by atoms with Crippen LogP contribution in [-0.4, -0.2) is 17.0 Å². The number of benzene rings is 1. The van der Waals surface area contributed by atoms with Crippen LogP contribution in [0.3, 0.4) is 0 Å². The molecule has 100 valence electrons. The Morgan fingerprint density at radius 3 is 2.63 bits per heavy atom. The molecular weight excluding hydrogens is 260 g/mol. The molecule has 0 radical (unpaired) electrons. The topological polar surface area (TPSA) is 49.8 Å². The first-order chi connectivity index (χ1) is 9.21. The van der Waals surface area contributed by atoms with E-state index in [2.05, 4.69) is 27.5 Å². The molecule has 0 fully saturated rings. The van der Waals surface area contributed by atoms with Crippen molar-refractivity contribution in [2.24, 2.45) is 0 Å². The highest BCUT2D eigenvalue weighted by molar-refractivity contribution is 6.30. The van der Waals surface area contributed by atoms with Gasteiger partial charge in [0.15, 0.2) is 0 Å². The average Bonchev–Trinajstić information content (AvgIpc) is 2.39. The number of nitrogens with zero attached hydrogens (tertiary/aromatic N) is 2. The Labute approximate surface area is 118 Å². The van der Waals surface area contributed by atoms with Crippen molar-refractivity contribution in [3.8, 4) is 0 Å². The monoisotopic (exact) mass is 276 g/mol. The van der Waals surface area contributed by atoms with E-state index in [-0.39, 0.29) is 0 Å². The van der Waals surface area contributed by atoms with Crippen molar-refractivity contribution in [1.82, 2.24) is 9.97 Å². The number of halogens is 1. The van der Waals surface area contributed by atoms with E-state index >= 15 is 0 Å². The summed E-state index contributed by atoms with van der Waals surface area (Å²) in [6.07, 6.45) is 1.88. The van der Waals surface area contributed by atoms with Gasteiger partial charge >= 0.3 is 0 Å². The Morgan fingerprint density at radius 2 is 1.95 bits per heavy atom. The zero-order chi connectivity index (χ0) is 13.7. The first-order valence-corrected chi connectivity index (χ1v) is 6.67. The zero-order valence-corrected chi connectivity index (χ0v) is 11.8. The van der Waals surface area contributed by atoms with Gasteiger partial charge in [0.05, 0.1) is 0 Å². The van der Waals surface area contributed by atoms with Gasteiger partial charge in [-0.15, -0.1) is 0 Å². The first-order valence-electron chi connectivity index (χ1n) is 6.29. The lowest BCUT2D eigenvalue weighted by atomic mass is 10.3. The molecule has 0 saturated heterocycles. The van der Waals surface area contributed by atoms with Gasteiger partial charge in [-0.1, -0.05) is 24.6 Å². The Bertz CT molecular complexity index is 557. The normalized spacial score (nSPS) is 10.3. The predicted molar refractivity (Wildman–Crippen MR) is 80.3 cm³/mol. The van der Waals surface area contributed by atoms with E-state index in [0.717, 1.165) is 36.0 Å². The van der Waals surface area contributed by atoms with E-state index in [1.165, 1.54) is 0 Å². The van der Waals surface area contributed by atoms with E-state index in [4.69, 9.17) is 11.6 Å². The van der Waals surface area contributed by atoms with Crippen molar-refractivity contribution in [3.63, 3.8) is 0 Å². The Morgan fingerprint density at radius 1 is 1.16 bits per heavy atom. The van der Waals surface area contributed by atoms with Gasteiger partial charge in [-0.2, -0.15) is 0 Å². The fourth-order valence-corrected chi connectivity index (χ4v) is 1.93. The molecule has 1 aromatic carbocycles. The second-order valence-electron chi connectivity index (χ2n) is 4.19. The summed E-state index contributed by atoms with van der Waals surface area (Å²) in [5.74, 6) is 2.41. The van der Waals surface area contributed by atoms with Crippen molar-refractivity contribution >= 4 is 28.9 Å². The minimum atomic E-state index is 0.696. The fraction of sp³-hybridized carbons (Fsp3) is 0.286. The summed E-state index contributed by atoms with van der Waals surface area (Å²) in [6.45, 7) is 2.11. The van der Waals surface area contributed by atoms with E-state index in [1.54, 1.807) is 0 Å². The van der Waals surface area contributed by atoms with Gasteiger partial charge < -0.3 is 10.6 Å². The molecule has 1 heterocycles. The number of aryl methyl sites for hydroxylation is 1. The SMILES string of the molecule is CCCc1nc(NC)cc(Nc2cccc(Cl)c2)n1. The van der Waals surface area contributed by atoms with Crippen molar-refractivity contribution < 1.29 is 0 Å². The molecule has 0 unspecified atom stereocenters. The largest absolute Gasteiger partial charge is 0.373 e. The maximum Gasteiger partial charge on any atom is 0.136 e. The van der Waals surface area contributed by atoms with E-state index in [0.29, 0.717) is 5.02 Å². The van der Waals surface area contributed by atoms with Gasteiger partial charge in [0.1, 0.15) is 17.5 Å². The lowest BCUT2D eigenvalue weighted by Crippen LogP contribution is -2.03. The third kappa shape index (κ3) is 3.83. The highest BCUT2D eigenvalue weighted by atomic mass is 35.5. The average molecular weight is 277 g/mol. The number of anilines is 3. The van der Waals surface area contributed by atoms with Crippen LogP contribution in [0.1, 0.15) is 19.2 Å². The first kappa shape index (κ1) is 13.6. The van der Waals surface area contributed by atoms with Gasteiger partial charge in [-0.05, 0) is 24.6 Å². The number of hydrogen-bond donors (Lipinski definition) is 2. The Hall–Kier alpha value is -1.81. The van der Waals surface area contributed by atoms with Crippen molar-refractivity contribution in [2.45, 2.75) is 19.8 Å². The number of hydrogen-bond acceptors (Lipinski definition) is 4. The van der Waals surface area contributed by atoms with Crippen LogP contribution in [-0.2, 0) is 6.42 Å². The standard InChI is InChI=1S/C14H17ClN4/c1-3-5-12-18-13(16-2)9-14(19-12)17-11-7-4-6-10(15)8-11/h4,6-9H,3,5H2,1-2H3,(H2,16,17,18,19). The van der Waals surface area contributed by atoms with Crippen LogP contribution in [0.25, 0.3) is 0 Å². The molecule has 2 N–H and O–H groups in total. The van der Waals surface area contributed by atoms with Gasteiger partial charge in [-0.25, -0.2) is 9.97 Å². The number of rotatable bonds is 5. The molecule has 4 nitrogen and oxygen atoms in total. The molecule has 2 aromatic rings. The molecule has 0 aliphatic heterocycles. The second kappa shape index (κ2) is 6.38. The maximum atomic E-state index is 5.97. The highest BCUT2D eigenvalue weighted by Gasteiger charge is 2.04. The van der Waals surface area contributed by atoms with Crippen LogP contribution in [0.15, 0.2) is 30.3 Å². The summed E-state index contributed by atoms with van der Waals surface area (Å²) >= 11 is 5.97. The minimum Gasteiger partial charge on any atom is -0.373 e. The van der Waals surface area contributed by atoms with Gasteiger partial charge in [0.25, 0.3) is 0 Å². The van der Waals surface area contributed by atoms with Crippen molar-refractivity contribution in [2.75, 3.05) is 17.7 Å². The van der Waals surface area contributed by atoms with E-state index in [9.17, 15) is 0 Å².